The van der Waals surface area contributed by atoms with Crippen molar-refractivity contribution in [2.45, 2.75) is 13.5 Å². The highest BCUT2D eigenvalue weighted by Crippen LogP contribution is 2.31. The number of rotatable bonds is 6. The Hall–Kier alpha value is -1.85. The molecular formula is C14H15ClN2O3. The van der Waals surface area contributed by atoms with Gasteiger partial charge in [-0.05, 0) is 19.1 Å². The van der Waals surface area contributed by atoms with Crippen molar-refractivity contribution >= 4 is 11.6 Å². The molecule has 0 atom stereocenters. The monoisotopic (exact) mass is 294 g/mol. The van der Waals surface area contributed by atoms with E-state index in [-0.39, 0.29) is 6.61 Å². The van der Waals surface area contributed by atoms with Gasteiger partial charge < -0.3 is 14.2 Å². The molecule has 0 fully saturated rings. The molecule has 106 valence electrons. The number of hydrogen-bond donors (Lipinski definition) is 0. The number of methoxy groups -OCH3 is 1. The normalized spacial score (nSPS) is 10.3. The van der Waals surface area contributed by atoms with E-state index in [0.717, 1.165) is 0 Å². The Kier molecular flexibility index (Phi) is 5.15. The number of halogens is 1. The number of para-hydroxylation sites is 2. The van der Waals surface area contributed by atoms with E-state index in [1.165, 1.54) is 0 Å². The van der Waals surface area contributed by atoms with Crippen LogP contribution in [0.4, 0.5) is 0 Å². The van der Waals surface area contributed by atoms with Crippen LogP contribution in [0.1, 0.15) is 12.7 Å². The van der Waals surface area contributed by atoms with Crippen molar-refractivity contribution in [3.63, 3.8) is 0 Å². The zero-order valence-corrected chi connectivity index (χ0v) is 12.1. The minimum absolute atomic E-state index is 0.268. The lowest BCUT2D eigenvalue weighted by Gasteiger charge is -2.11. The van der Waals surface area contributed by atoms with Crippen LogP contribution in [0.5, 0.6) is 17.4 Å². The Morgan fingerprint density at radius 3 is 2.60 bits per heavy atom. The van der Waals surface area contributed by atoms with E-state index in [1.54, 1.807) is 19.2 Å². The molecule has 1 aromatic heterocycles. The average molecular weight is 295 g/mol. The third kappa shape index (κ3) is 3.82. The van der Waals surface area contributed by atoms with Crippen LogP contribution < -0.4 is 9.47 Å². The second-order valence-corrected chi connectivity index (χ2v) is 4.25. The van der Waals surface area contributed by atoms with Crippen LogP contribution in [0.15, 0.2) is 30.3 Å². The smallest absolute Gasteiger partial charge is 0.224 e. The number of nitrogens with zero attached hydrogens (tertiary/aromatic N) is 2. The summed E-state index contributed by atoms with van der Waals surface area (Å²) in [6.45, 7) is 2.74. The molecule has 0 radical (unpaired) electrons. The summed E-state index contributed by atoms with van der Waals surface area (Å²) in [5.74, 6) is 2.04. The Morgan fingerprint density at radius 2 is 1.90 bits per heavy atom. The first-order valence-electron chi connectivity index (χ1n) is 6.15. The van der Waals surface area contributed by atoms with E-state index in [9.17, 15) is 0 Å². The minimum Gasteiger partial charge on any atom is -0.490 e. The Morgan fingerprint density at radius 1 is 1.15 bits per heavy atom. The highest BCUT2D eigenvalue weighted by Gasteiger charge is 2.09. The lowest BCUT2D eigenvalue weighted by Crippen LogP contribution is -2.00. The summed E-state index contributed by atoms with van der Waals surface area (Å²) in [5.41, 5.74) is 0. The van der Waals surface area contributed by atoms with Gasteiger partial charge in [-0.1, -0.05) is 23.7 Å². The lowest BCUT2D eigenvalue weighted by atomic mass is 10.3. The van der Waals surface area contributed by atoms with E-state index in [1.807, 2.05) is 25.1 Å². The second-order valence-electron chi connectivity index (χ2n) is 3.86. The summed E-state index contributed by atoms with van der Waals surface area (Å²) in [5, 5.41) is 0.302. The first-order chi connectivity index (χ1) is 9.72. The molecule has 0 aliphatic rings. The van der Waals surface area contributed by atoms with E-state index >= 15 is 0 Å². The zero-order valence-electron chi connectivity index (χ0n) is 11.3. The van der Waals surface area contributed by atoms with E-state index in [4.69, 9.17) is 25.8 Å². The minimum atomic E-state index is 0.268. The average Bonchev–Trinajstić information content (AvgIpc) is 2.41. The second kappa shape index (κ2) is 7.07. The van der Waals surface area contributed by atoms with Crippen molar-refractivity contribution in [3.8, 4) is 17.4 Å². The molecule has 6 heteroatoms. The summed E-state index contributed by atoms with van der Waals surface area (Å²) in [6, 6.07) is 8.91. The predicted molar refractivity (Wildman–Crippen MR) is 75.4 cm³/mol. The Labute approximate surface area is 122 Å². The molecule has 0 amide bonds. The molecule has 1 heterocycles. The van der Waals surface area contributed by atoms with Crippen LogP contribution in [-0.4, -0.2) is 23.7 Å². The quantitative estimate of drug-likeness (QED) is 0.764. The third-order valence-corrected chi connectivity index (χ3v) is 2.55. The third-order valence-electron chi connectivity index (χ3n) is 2.35. The fraction of sp³-hybridized carbons (Fsp3) is 0.286. The van der Waals surface area contributed by atoms with Crippen LogP contribution in [0, 0.1) is 0 Å². The van der Waals surface area contributed by atoms with Crippen LogP contribution in [0.3, 0.4) is 0 Å². The van der Waals surface area contributed by atoms with E-state index < -0.39 is 0 Å². The first kappa shape index (κ1) is 14.6. The largest absolute Gasteiger partial charge is 0.490 e. The topological polar surface area (TPSA) is 53.5 Å². The maximum atomic E-state index is 5.93. The van der Waals surface area contributed by atoms with Gasteiger partial charge >= 0.3 is 0 Å². The van der Waals surface area contributed by atoms with Gasteiger partial charge in [-0.15, -0.1) is 0 Å². The molecular weight excluding hydrogens is 280 g/mol. The van der Waals surface area contributed by atoms with Crippen molar-refractivity contribution < 1.29 is 14.2 Å². The molecule has 1 aromatic carbocycles. The van der Waals surface area contributed by atoms with Gasteiger partial charge in [0.05, 0.1) is 6.61 Å². The van der Waals surface area contributed by atoms with Crippen molar-refractivity contribution in [1.82, 2.24) is 9.97 Å². The predicted octanol–water partition coefficient (Wildman–Crippen LogP) is 3.47. The van der Waals surface area contributed by atoms with E-state index in [2.05, 4.69) is 9.97 Å². The van der Waals surface area contributed by atoms with Crippen molar-refractivity contribution in [1.29, 1.82) is 0 Å². The van der Waals surface area contributed by atoms with Crippen LogP contribution >= 0.6 is 11.6 Å². The van der Waals surface area contributed by atoms with Gasteiger partial charge in [-0.25, -0.2) is 4.98 Å². The van der Waals surface area contributed by atoms with Gasteiger partial charge in [0.25, 0.3) is 0 Å². The molecule has 5 nitrogen and oxygen atoms in total. The molecule has 0 saturated carbocycles. The van der Waals surface area contributed by atoms with Gasteiger partial charge in [0.2, 0.25) is 5.88 Å². The fourth-order valence-corrected chi connectivity index (χ4v) is 1.80. The maximum Gasteiger partial charge on any atom is 0.224 e. The molecule has 0 saturated heterocycles. The molecule has 0 N–H and O–H groups in total. The summed E-state index contributed by atoms with van der Waals surface area (Å²) in [7, 11) is 1.56. The molecule has 0 bridgehead atoms. The molecule has 0 unspecified atom stereocenters. The number of ether oxygens (including phenoxy) is 3. The molecule has 2 aromatic rings. The van der Waals surface area contributed by atoms with Gasteiger partial charge in [-0.3, -0.25) is 0 Å². The van der Waals surface area contributed by atoms with Gasteiger partial charge in [0.1, 0.15) is 11.8 Å². The van der Waals surface area contributed by atoms with Crippen LogP contribution in [0.25, 0.3) is 0 Å². The number of aromatic nitrogens is 2. The molecule has 2 rings (SSSR count). The molecule has 20 heavy (non-hydrogen) atoms. The number of benzene rings is 1. The van der Waals surface area contributed by atoms with Crippen molar-refractivity contribution in [2.75, 3.05) is 13.7 Å². The van der Waals surface area contributed by atoms with Crippen molar-refractivity contribution in [3.05, 3.63) is 41.3 Å². The molecule has 0 aliphatic carbocycles. The summed E-state index contributed by atoms with van der Waals surface area (Å²) in [6.07, 6.45) is 0. The fourth-order valence-electron chi connectivity index (χ4n) is 1.61. The standard InChI is InChI=1S/C14H15ClN2O3/c1-3-19-10-6-4-5-7-11(10)20-14-8-12(15)16-13(17-14)9-18-2/h4-8H,3,9H2,1-2H3. The van der Waals surface area contributed by atoms with Crippen molar-refractivity contribution in [2.24, 2.45) is 0 Å². The van der Waals surface area contributed by atoms with E-state index in [0.29, 0.717) is 35.0 Å². The lowest BCUT2D eigenvalue weighted by molar-refractivity contribution is 0.177. The Bertz CT molecular complexity index is 578. The summed E-state index contributed by atoms with van der Waals surface area (Å²) < 4.78 is 16.2. The van der Waals surface area contributed by atoms with Gasteiger partial charge in [0.15, 0.2) is 17.3 Å². The molecule has 0 aliphatic heterocycles. The zero-order chi connectivity index (χ0) is 14.4. The first-order valence-corrected chi connectivity index (χ1v) is 6.52. The highest BCUT2D eigenvalue weighted by atomic mass is 35.5. The maximum absolute atomic E-state index is 5.93. The summed E-state index contributed by atoms with van der Waals surface area (Å²) >= 11 is 5.93. The Balaban J connectivity index is 2.25. The molecule has 0 spiro atoms. The number of hydrogen-bond acceptors (Lipinski definition) is 5. The van der Waals surface area contributed by atoms with Gasteiger partial charge in [0, 0.05) is 13.2 Å². The van der Waals surface area contributed by atoms with Gasteiger partial charge in [-0.2, -0.15) is 4.98 Å². The SMILES string of the molecule is CCOc1ccccc1Oc1cc(Cl)nc(COC)n1. The highest BCUT2D eigenvalue weighted by molar-refractivity contribution is 6.29. The van der Waals surface area contributed by atoms with Crippen LogP contribution in [-0.2, 0) is 11.3 Å². The summed E-state index contributed by atoms with van der Waals surface area (Å²) in [4.78, 5) is 8.26. The van der Waals surface area contributed by atoms with Crippen LogP contribution in [0.2, 0.25) is 5.15 Å².